The zero-order valence-corrected chi connectivity index (χ0v) is 16.3. The number of aryl methyl sites for hydroxylation is 3. The van der Waals surface area contributed by atoms with Crippen LogP contribution in [0.15, 0.2) is 35.2 Å². The predicted molar refractivity (Wildman–Crippen MR) is 105 cm³/mol. The second kappa shape index (κ2) is 7.65. The highest BCUT2D eigenvalue weighted by Crippen LogP contribution is 2.44. The second-order valence-corrected chi connectivity index (χ2v) is 8.10. The molecule has 2 aromatic rings. The van der Waals surface area contributed by atoms with E-state index in [-0.39, 0.29) is 5.12 Å². The molecule has 0 saturated heterocycles. The van der Waals surface area contributed by atoms with Crippen LogP contribution in [-0.2, 0) is 17.8 Å². The Morgan fingerprint density at radius 3 is 2.60 bits per heavy atom. The summed E-state index contributed by atoms with van der Waals surface area (Å²) in [6.07, 6.45) is 3.52. The highest BCUT2D eigenvalue weighted by molar-refractivity contribution is 8.13. The van der Waals surface area contributed by atoms with Crippen molar-refractivity contribution < 1.29 is 9.53 Å². The van der Waals surface area contributed by atoms with Gasteiger partial charge in [-0.15, -0.1) is 0 Å². The zero-order chi connectivity index (χ0) is 18.0. The Hall–Kier alpha value is -1.74. The lowest BCUT2D eigenvalue weighted by Gasteiger charge is -2.17. The van der Waals surface area contributed by atoms with Gasteiger partial charge in [-0.3, -0.25) is 4.79 Å². The third-order valence-electron chi connectivity index (χ3n) is 4.83. The van der Waals surface area contributed by atoms with Gasteiger partial charge in [-0.1, -0.05) is 36.9 Å². The maximum absolute atomic E-state index is 11.6. The van der Waals surface area contributed by atoms with E-state index >= 15 is 0 Å². The Balaban J connectivity index is 1.87. The largest absolute Gasteiger partial charge is 0.489 e. The third kappa shape index (κ3) is 4.27. The number of rotatable bonds is 6. The lowest BCUT2D eigenvalue weighted by molar-refractivity contribution is -0.109. The van der Waals surface area contributed by atoms with Crippen molar-refractivity contribution in [2.24, 2.45) is 0 Å². The number of carbonyl (C=O) groups excluding carboxylic acids is 1. The minimum absolute atomic E-state index is 0.119. The number of carbonyl (C=O) groups is 1. The Morgan fingerprint density at radius 2 is 1.96 bits per heavy atom. The Labute approximate surface area is 155 Å². The SMILES string of the molecule is CCc1cc(C)c(OCc2c(SC(C)=O)cccc2C2CC2)cc1C. The number of hydrogen-bond donors (Lipinski definition) is 0. The molecule has 0 N–H and O–H groups in total. The molecule has 0 bridgehead atoms. The van der Waals surface area contributed by atoms with Gasteiger partial charge in [0, 0.05) is 17.4 Å². The highest BCUT2D eigenvalue weighted by atomic mass is 32.2. The summed E-state index contributed by atoms with van der Waals surface area (Å²) in [5.41, 5.74) is 6.35. The van der Waals surface area contributed by atoms with Crippen molar-refractivity contribution in [1.29, 1.82) is 0 Å². The molecular formula is C22H26O2S. The second-order valence-electron chi connectivity index (χ2n) is 6.88. The molecule has 1 aliphatic carbocycles. The lowest BCUT2D eigenvalue weighted by Crippen LogP contribution is -2.04. The summed E-state index contributed by atoms with van der Waals surface area (Å²) in [5, 5.41) is 0.119. The van der Waals surface area contributed by atoms with Crippen LogP contribution < -0.4 is 4.74 Å². The summed E-state index contributed by atoms with van der Waals surface area (Å²) in [7, 11) is 0. The first-order valence-corrected chi connectivity index (χ1v) is 9.84. The summed E-state index contributed by atoms with van der Waals surface area (Å²) >= 11 is 1.31. The highest BCUT2D eigenvalue weighted by Gasteiger charge is 2.27. The van der Waals surface area contributed by atoms with Crippen molar-refractivity contribution in [2.75, 3.05) is 0 Å². The minimum atomic E-state index is 0.119. The van der Waals surface area contributed by atoms with Crippen molar-refractivity contribution in [2.45, 2.75) is 64.4 Å². The lowest BCUT2D eigenvalue weighted by atomic mass is 10.0. The van der Waals surface area contributed by atoms with Gasteiger partial charge in [0.1, 0.15) is 12.4 Å². The van der Waals surface area contributed by atoms with Gasteiger partial charge in [0.2, 0.25) is 0 Å². The first kappa shape index (κ1) is 18.1. The van der Waals surface area contributed by atoms with Crippen LogP contribution >= 0.6 is 11.8 Å². The molecule has 0 heterocycles. The zero-order valence-electron chi connectivity index (χ0n) is 15.5. The van der Waals surface area contributed by atoms with Crippen LogP contribution in [0.25, 0.3) is 0 Å². The van der Waals surface area contributed by atoms with Crippen molar-refractivity contribution in [3.8, 4) is 5.75 Å². The Morgan fingerprint density at radius 1 is 1.20 bits per heavy atom. The molecule has 132 valence electrons. The van der Waals surface area contributed by atoms with Crippen LogP contribution in [0.5, 0.6) is 5.75 Å². The fraction of sp³-hybridized carbons (Fsp3) is 0.409. The molecule has 0 aromatic heterocycles. The van der Waals surface area contributed by atoms with Gasteiger partial charge in [-0.05, 0) is 73.4 Å². The summed E-state index contributed by atoms with van der Waals surface area (Å²) < 4.78 is 6.22. The molecule has 3 heteroatoms. The van der Waals surface area contributed by atoms with Crippen LogP contribution in [0.3, 0.4) is 0 Å². The molecule has 3 rings (SSSR count). The number of hydrogen-bond acceptors (Lipinski definition) is 3. The fourth-order valence-electron chi connectivity index (χ4n) is 3.30. The van der Waals surface area contributed by atoms with E-state index in [1.807, 2.05) is 6.07 Å². The van der Waals surface area contributed by atoms with Gasteiger partial charge < -0.3 is 4.74 Å². The maximum atomic E-state index is 11.6. The smallest absolute Gasteiger partial charge is 0.190 e. The van der Waals surface area contributed by atoms with E-state index < -0.39 is 0 Å². The number of ether oxygens (including phenoxy) is 1. The van der Waals surface area contributed by atoms with E-state index in [2.05, 4.69) is 45.0 Å². The molecule has 1 fully saturated rings. The van der Waals surface area contributed by atoms with Crippen LogP contribution in [0.1, 0.15) is 60.4 Å². The van der Waals surface area contributed by atoms with E-state index in [1.54, 1.807) is 6.92 Å². The van der Waals surface area contributed by atoms with Crippen molar-refractivity contribution >= 4 is 16.9 Å². The van der Waals surface area contributed by atoms with Crippen LogP contribution in [-0.4, -0.2) is 5.12 Å². The normalized spacial score (nSPS) is 13.8. The van der Waals surface area contributed by atoms with E-state index in [4.69, 9.17) is 4.74 Å². The molecular weight excluding hydrogens is 328 g/mol. The van der Waals surface area contributed by atoms with Crippen LogP contribution in [0.4, 0.5) is 0 Å². The predicted octanol–water partition coefficient (Wildman–Crippen LogP) is 5.96. The van der Waals surface area contributed by atoms with Gasteiger partial charge >= 0.3 is 0 Å². The molecule has 2 nitrogen and oxygen atoms in total. The molecule has 0 unspecified atom stereocenters. The van der Waals surface area contributed by atoms with Gasteiger partial charge in [0.05, 0.1) is 0 Å². The van der Waals surface area contributed by atoms with Crippen molar-refractivity contribution in [3.05, 3.63) is 58.1 Å². The quantitative estimate of drug-likeness (QED) is 0.599. The minimum Gasteiger partial charge on any atom is -0.489 e. The third-order valence-corrected chi connectivity index (χ3v) is 5.72. The van der Waals surface area contributed by atoms with Crippen LogP contribution in [0.2, 0.25) is 0 Å². The summed E-state index contributed by atoms with van der Waals surface area (Å²) in [6, 6.07) is 10.7. The molecule has 0 aliphatic heterocycles. The molecule has 0 amide bonds. The monoisotopic (exact) mass is 354 g/mol. The Kier molecular flexibility index (Phi) is 5.53. The average Bonchev–Trinajstić information content (AvgIpc) is 3.40. The standard InChI is InChI=1S/C22H26O2S/c1-5-17-11-15(3)21(12-14(17)2)24-13-20-19(18-9-10-18)7-6-8-22(20)25-16(4)23/h6-8,11-12,18H,5,9-10,13H2,1-4H3. The van der Waals surface area contributed by atoms with Gasteiger partial charge in [0.25, 0.3) is 0 Å². The van der Waals surface area contributed by atoms with Gasteiger partial charge in [-0.25, -0.2) is 0 Å². The van der Waals surface area contributed by atoms with Gasteiger partial charge in [-0.2, -0.15) is 0 Å². The Bertz CT molecular complexity index is 791. The van der Waals surface area contributed by atoms with Gasteiger partial charge in [0.15, 0.2) is 5.12 Å². The molecule has 1 aliphatic rings. The van der Waals surface area contributed by atoms with E-state index in [9.17, 15) is 4.79 Å². The summed E-state index contributed by atoms with van der Waals surface area (Å²) in [5.74, 6) is 1.58. The topological polar surface area (TPSA) is 26.3 Å². The van der Waals surface area contributed by atoms with E-state index in [0.29, 0.717) is 12.5 Å². The molecule has 25 heavy (non-hydrogen) atoms. The van der Waals surface area contributed by atoms with Crippen molar-refractivity contribution in [3.63, 3.8) is 0 Å². The molecule has 0 atom stereocenters. The first-order chi connectivity index (χ1) is 12.0. The fourth-order valence-corrected chi connectivity index (χ4v) is 4.06. The molecule has 1 saturated carbocycles. The maximum Gasteiger partial charge on any atom is 0.190 e. The average molecular weight is 355 g/mol. The number of benzene rings is 2. The summed E-state index contributed by atoms with van der Waals surface area (Å²) in [4.78, 5) is 12.7. The first-order valence-electron chi connectivity index (χ1n) is 9.02. The number of thioether (sulfide) groups is 1. The van der Waals surface area contributed by atoms with E-state index in [1.165, 1.54) is 52.4 Å². The molecule has 0 radical (unpaired) electrons. The van der Waals surface area contributed by atoms with E-state index in [0.717, 1.165) is 17.1 Å². The summed E-state index contributed by atoms with van der Waals surface area (Å²) in [6.45, 7) is 8.57. The van der Waals surface area contributed by atoms with Crippen molar-refractivity contribution in [1.82, 2.24) is 0 Å². The molecule has 2 aromatic carbocycles. The molecule has 0 spiro atoms. The van der Waals surface area contributed by atoms with Crippen LogP contribution in [0, 0.1) is 13.8 Å².